The molecule has 2 heterocycles. The lowest BCUT2D eigenvalue weighted by molar-refractivity contribution is 0.0238. The number of aromatic nitrogens is 3. The van der Waals surface area contributed by atoms with Crippen molar-refractivity contribution >= 4 is 5.78 Å². The van der Waals surface area contributed by atoms with Gasteiger partial charge in [0.15, 0.2) is 5.78 Å². The largest absolute Gasteiger partial charge is 0.375 e. The lowest BCUT2D eigenvalue weighted by Gasteiger charge is -2.22. The molecule has 1 unspecified atom stereocenters. The summed E-state index contributed by atoms with van der Waals surface area (Å²) in [6, 6.07) is 0. The first-order valence-electron chi connectivity index (χ1n) is 4.97. The molecule has 0 aliphatic carbocycles. The topological polar surface area (TPSA) is 69.0 Å². The second kappa shape index (κ2) is 4.50. The van der Waals surface area contributed by atoms with Crippen LogP contribution in [-0.4, -0.2) is 46.6 Å². The minimum atomic E-state index is -0.0267. The molecule has 0 saturated carbocycles. The number of nitrogens with one attached hydrogen (secondary N) is 1. The Labute approximate surface area is 87.6 Å². The van der Waals surface area contributed by atoms with Crippen molar-refractivity contribution in [1.29, 1.82) is 0 Å². The van der Waals surface area contributed by atoms with Gasteiger partial charge in [0.1, 0.15) is 5.69 Å². The second-order valence-electron chi connectivity index (χ2n) is 3.57. The van der Waals surface area contributed by atoms with Gasteiger partial charge in [-0.05, 0) is 0 Å². The summed E-state index contributed by atoms with van der Waals surface area (Å²) in [5.41, 5.74) is 0.532. The van der Waals surface area contributed by atoms with Crippen LogP contribution in [0.15, 0.2) is 6.20 Å². The maximum Gasteiger partial charge on any atom is 0.185 e. The fraction of sp³-hybridized carbons (Fsp3) is 0.667. The van der Waals surface area contributed by atoms with E-state index in [4.69, 9.17) is 4.74 Å². The molecule has 6 heteroatoms. The molecule has 1 N–H and O–H groups in total. The molecule has 1 aromatic heterocycles. The molecular formula is C9H14N4O2. The number of rotatable bonds is 3. The fourth-order valence-electron chi connectivity index (χ4n) is 1.60. The minimum absolute atomic E-state index is 0.0243. The quantitative estimate of drug-likeness (QED) is 0.673. The van der Waals surface area contributed by atoms with Crippen molar-refractivity contribution in [3.8, 4) is 0 Å². The van der Waals surface area contributed by atoms with Crippen LogP contribution in [0, 0.1) is 0 Å². The van der Waals surface area contributed by atoms with E-state index in [0.29, 0.717) is 18.7 Å². The van der Waals surface area contributed by atoms with Crippen LogP contribution < -0.4 is 5.32 Å². The van der Waals surface area contributed by atoms with Gasteiger partial charge in [0, 0.05) is 26.6 Å². The van der Waals surface area contributed by atoms with Gasteiger partial charge < -0.3 is 10.1 Å². The molecule has 0 bridgehead atoms. The molecule has 0 spiro atoms. The van der Waals surface area contributed by atoms with Gasteiger partial charge in [-0.15, -0.1) is 5.10 Å². The molecule has 0 radical (unpaired) electrons. The number of hydrogen-bond acceptors (Lipinski definition) is 5. The van der Waals surface area contributed by atoms with Gasteiger partial charge >= 0.3 is 0 Å². The average Bonchev–Trinajstić information content (AvgIpc) is 2.66. The first-order chi connectivity index (χ1) is 7.27. The van der Waals surface area contributed by atoms with Crippen LogP contribution >= 0.6 is 0 Å². The molecule has 6 nitrogen and oxygen atoms in total. The van der Waals surface area contributed by atoms with E-state index in [1.165, 1.54) is 10.9 Å². The van der Waals surface area contributed by atoms with E-state index in [-0.39, 0.29) is 11.9 Å². The van der Waals surface area contributed by atoms with E-state index >= 15 is 0 Å². The SMILES string of the molecule is Cn1nncc1C(=O)CC1CNCCO1. The zero-order chi connectivity index (χ0) is 10.7. The highest BCUT2D eigenvalue weighted by atomic mass is 16.5. The molecule has 1 saturated heterocycles. The lowest BCUT2D eigenvalue weighted by atomic mass is 10.1. The molecule has 1 fully saturated rings. The smallest absolute Gasteiger partial charge is 0.185 e. The van der Waals surface area contributed by atoms with E-state index in [9.17, 15) is 4.79 Å². The monoisotopic (exact) mass is 210 g/mol. The van der Waals surface area contributed by atoms with Crippen molar-refractivity contribution in [3.05, 3.63) is 11.9 Å². The summed E-state index contributed by atoms with van der Waals surface area (Å²) in [5, 5.41) is 10.6. The van der Waals surface area contributed by atoms with Gasteiger partial charge in [0.05, 0.1) is 18.9 Å². The number of ether oxygens (including phenoxy) is 1. The van der Waals surface area contributed by atoms with Gasteiger partial charge in [-0.2, -0.15) is 0 Å². The minimum Gasteiger partial charge on any atom is -0.375 e. The van der Waals surface area contributed by atoms with Gasteiger partial charge in [-0.1, -0.05) is 5.21 Å². The Morgan fingerprint density at radius 2 is 2.67 bits per heavy atom. The Kier molecular flexibility index (Phi) is 3.08. The van der Waals surface area contributed by atoms with Crippen molar-refractivity contribution < 1.29 is 9.53 Å². The van der Waals surface area contributed by atoms with Crippen LogP contribution in [0.25, 0.3) is 0 Å². The average molecular weight is 210 g/mol. The number of hydrogen-bond donors (Lipinski definition) is 1. The number of aryl methyl sites for hydroxylation is 1. The summed E-state index contributed by atoms with van der Waals surface area (Å²) >= 11 is 0. The van der Waals surface area contributed by atoms with Crippen molar-refractivity contribution in [1.82, 2.24) is 20.3 Å². The Bertz CT molecular complexity index is 344. The summed E-state index contributed by atoms with van der Waals surface area (Å²) in [6.45, 7) is 2.26. The Morgan fingerprint density at radius 1 is 1.80 bits per heavy atom. The second-order valence-corrected chi connectivity index (χ2v) is 3.57. The number of Topliss-reactive ketones (excluding diaryl/α,β-unsaturated/α-hetero) is 1. The summed E-state index contributed by atoms with van der Waals surface area (Å²) in [5.74, 6) is 0.0243. The standard InChI is InChI=1S/C9H14N4O2/c1-13-8(6-11-12-13)9(14)4-7-5-10-2-3-15-7/h6-7,10H,2-5H2,1H3. The molecule has 1 aliphatic heterocycles. The highest BCUT2D eigenvalue weighted by molar-refractivity contribution is 5.94. The number of nitrogens with zero attached hydrogens (tertiary/aromatic N) is 3. The van der Waals surface area contributed by atoms with Gasteiger partial charge in [-0.25, -0.2) is 4.68 Å². The first-order valence-corrected chi connectivity index (χ1v) is 4.97. The lowest BCUT2D eigenvalue weighted by Crippen LogP contribution is -2.39. The number of ketones is 1. The Balaban J connectivity index is 1.94. The van der Waals surface area contributed by atoms with Crippen LogP contribution in [0.5, 0.6) is 0 Å². The third-order valence-electron chi connectivity index (χ3n) is 2.42. The van der Waals surface area contributed by atoms with Gasteiger partial charge in [-0.3, -0.25) is 4.79 Å². The van der Waals surface area contributed by atoms with Gasteiger partial charge in [0.25, 0.3) is 0 Å². The predicted molar refractivity (Wildman–Crippen MR) is 52.6 cm³/mol. The maximum atomic E-state index is 11.8. The van der Waals surface area contributed by atoms with E-state index < -0.39 is 0 Å². The van der Waals surface area contributed by atoms with E-state index in [1.807, 2.05) is 0 Å². The molecule has 82 valence electrons. The van der Waals surface area contributed by atoms with Crippen LogP contribution in [0.3, 0.4) is 0 Å². The molecular weight excluding hydrogens is 196 g/mol. The zero-order valence-corrected chi connectivity index (χ0v) is 8.64. The molecule has 15 heavy (non-hydrogen) atoms. The zero-order valence-electron chi connectivity index (χ0n) is 8.64. The number of carbonyl (C=O) groups excluding carboxylic acids is 1. The molecule has 1 aromatic rings. The fourth-order valence-corrected chi connectivity index (χ4v) is 1.60. The number of morpholine rings is 1. The predicted octanol–water partition coefficient (Wildman–Crippen LogP) is -0.624. The van der Waals surface area contributed by atoms with Gasteiger partial charge in [0.2, 0.25) is 0 Å². The van der Waals surface area contributed by atoms with Crippen molar-refractivity contribution in [2.45, 2.75) is 12.5 Å². The van der Waals surface area contributed by atoms with E-state index in [1.54, 1.807) is 7.05 Å². The molecule has 0 amide bonds. The Morgan fingerprint density at radius 3 is 3.27 bits per heavy atom. The van der Waals surface area contributed by atoms with E-state index in [0.717, 1.165) is 13.1 Å². The highest BCUT2D eigenvalue weighted by Crippen LogP contribution is 2.07. The third kappa shape index (κ3) is 2.40. The molecule has 0 aromatic carbocycles. The summed E-state index contributed by atoms with van der Waals surface area (Å²) in [7, 11) is 1.71. The van der Waals surface area contributed by atoms with Crippen LogP contribution in [0.4, 0.5) is 0 Å². The Hall–Kier alpha value is -1.27. The van der Waals surface area contributed by atoms with Crippen molar-refractivity contribution in [2.75, 3.05) is 19.7 Å². The van der Waals surface area contributed by atoms with E-state index in [2.05, 4.69) is 15.6 Å². The molecule has 1 atom stereocenters. The molecule has 2 rings (SSSR count). The highest BCUT2D eigenvalue weighted by Gasteiger charge is 2.20. The third-order valence-corrected chi connectivity index (χ3v) is 2.42. The summed E-state index contributed by atoms with van der Waals surface area (Å²) in [6.07, 6.45) is 1.84. The van der Waals surface area contributed by atoms with Crippen LogP contribution in [0.1, 0.15) is 16.9 Å². The normalized spacial score (nSPS) is 21.5. The maximum absolute atomic E-state index is 11.8. The molecule has 1 aliphatic rings. The first kappa shape index (κ1) is 10.3. The van der Waals surface area contributed by atoms with Crippen LogP contribution in [0.2, 0.25) is 0 Å². The number of carbonyl (C=O) groups is 1. The summed E-state index contributed by atoms with van der Waals surface area (Å²) in [4.78, 5) is 11.8. The van der Waals surface area contributed by atoms with Crippen LogP contribution in [-0.2, 0) is 11.8 Å². The summed E-state index contributed by atoms with van der Waals surface area (Å²) < 4.78 is 6.94. The van der Waals surface area contributed by atoms with Crippen molar-refractivity contribution in [3.63, 3.8) is 0 Å². The van der Waals surface area contributed by atoms with Crippen molar-refractivity contribution in [2.24, 2.45) is 7.05 Å².